The number of hydrogen-bond donors (Lipinski definition) is 3. The van der Waals surface area contributed by atoms with Crippen LogP contribution < -0.4 is 25.5 Å². The smallest absolute Gasteiger partial charge is 0.329 e. The minimum Gasteiger partial charge on any atom is -0.493 e. The Balaban J connectivity index is 1.53. The molecule has 3 rings (SSSR count). The lowest BCUT2D eigenvalue weighted by Crippen LogP contribution is -2.32. The van der Waals surface area contributed by atoms with Gasteiger partial charge in [0, 0.05) is 11.4 Å². The van der Waals surface area contributed by atoms with Gasteiger partial charge in [0.2, 0.25) is 0 Å². The van der Waals surface area contributed by atoms with E-state index >= 15 is 0 Å². The van der Waals surface area contributed by atoms with E-state index < -0.39 is 11.8 Å². The molecular weight excluding hydrogens is 460 g/mol. The van der Waals surface area contributed by atoms with Gasteiger partial charge in [0.15, 0.2) is 18.1 Å². The number of aryl methyl sites for hydroxylation is 3. The van der Waals surface area contributed by atoms with E-state index in [4.69, 9.17) is 9.47 Å². The number of anilines is 2. The summed E-state index contributed by atoms with van der Waals surface area (Å²) in [7, 11) is 1.47. The standard InChI is InChI=1S/C27H28N4O5/c1-17-9-11-21(13-19(17)3)29-25(32)16-36-23-12-10-20(14-24(23)35-4)15-28-31-27(34)26(33)30-22-8-6-5-7-18(22)2/h5-15H,16H2,1-4H3,(H,29,32)(H,30,33)(H,31,34)/b28-15-. The summed E-state index contributed by atoms with van der Waals surface area (Å²) in [6, 6.07) is 17.7. The number of amides is 3. The van der Waals surface area contributed by atoms with E-state index in [1.54, 1.807) is 30.3 Å². The molecule has 0 bridgehead atoms. The fraction of sp³-hybridized carbons (Fsp3) is 0.185. The zero-order valence-corrected chi connectivity index (χ0v) is 20.5. The Morgan fingerprint density at radius 1 is 0.833 bits per heavy atom. The van der Waals surface area contributed by atoms with E-state index in [9.17, 15) is 14.4 Å². The number of benzene rings is 3. The molecule has 9 heteroatoms. The molecule has 9 nitrogen and oxygen atoms in total. The molecular formula is C27H28N4O5. The van der Waals surface area contributed by atoms with Crippen LogP contribution in [-0.4, -0.2) is 37.7 Å². The van der Waals surface area contributed by atoms with Crippen LogP contribution in [0.15, 0.2) is 65.8 Å². The summed E-state index contributed by atoms with van der Waals surface area (Å²) in [6.07, 6.45) is 1.36. The Labute approximate surface area is 209 Å². The molecule has 36 heavy (non-hydrogen) atoms. The van der Waals surface area contributed by atoms with Gasteiger partial charge in [-0.2, -0.15) is 5.10 Å². The van der Waals surface area contributed by atoms with Crippen LogP contribution in [0.5, 0.6) is 11.5 Å². The van der Waals surface area contributed by atoms with Crippen molar-refractivity contribution < 1.29 is 23.9 Å². The second-order valence-corrected chi connectivity index (χ2v) is 8.01. The molecule has 0 atom stereocenters. The Morgan fingerprint density at radius 2 is 1.61 bits per heavy atom. The zero-order chi connectivity index (χ0) is 26.1. The molecule has 0 fully saturated rings. The summed E-state index contributed by atoms with van der Waals surface area (Å²) in [4.78, 5) is 36.4. The van der Waals surface area contributed by atoms with Gasteiger partial charge in [-0.15, -0.1) is 0 Å². The monoisotopic (exact) mass is 488 g/mol. The molecule has 3 N–H and O–H groups in total. The fourth-order valence-corrected chi connectivity index (χ4v) is 3.15. The van der Waals surface area contributed by atoms with E-state index in [2.05, 4.69) is 21.2 Å². The second kappa shape index (κ2) is 12.2. The van der Waals surface area contributed by atoms with Gasteiger partial charge in [-0.05, 0) is 79.4 Å². The Bertz CT molecular complexity index is 1300. The van der Waals surface area contributed by atoms with E-state index in [0.29, 0.717) is 28.4 Å². The van der Waals surface area contributed by atoms with Gasteiger partial charge in [-0.1, -0.05) is 24.3 Å². The molecule has 0 saturated heterocycles. The zero-order valence-electron chi connectivity index (χ0n) is 20.5. The average Bonchev–Trinajstić information content (AvgIpc) is 2.86. The van der Waals surface area contributed by atoms with E-state index in [1.165, 1.54) is 13.3 Å². The molecule has 0 aliphatic carbocycles. The first-order valence-electron chi connectivity index (χ1n) is 11.1. The summed E-state index contributed by atoms with van der Waals surface area (Å²) in [6.45, 7) is 5.59. The van der Waals surface area contributed by atoms with Crippen molar-refractivity contribution in [2.24, 2.45) is 5.10 Å². The first-order valence-corrected chi connectivity index (χ1v) is 11.1. The third kappa shape index (κ3) is 7.17. The summed E-state index contributed by atoms with van der Waals surface area (Å²) < 4.78 is 10.9. The largest absolute Gasteiger partial charge is 0.493 e. The number of rotatable bonds is 8. The maximum atomic E-state index is 12.3. The lowest BCUT2D eigenvalue weighted by Gasteiger charge is -2.12. The molecule has 3 aromatic rings. The van der Waals surface area contributed by atoms with Gasteiger partial charge in [-0.3, -0.25) is 14.4 Å². The second-order valence-electron chi connectivity index (χ2n) is 8.01. The highest BCUT2D eigenvalue weighted by Gasteiger charge is 2.14. The number of hydrogen-bond acceptors (Lipinski definition) is 6. The predicted octanol–water partition coefficient (Wildman–Crippen LogP) is 3.73. The maximum absolute atomic E-state index is 12.3. The van der Waals surface area contributed by atoms with E-state index in [0.717, 1.165) is 16.7 Å². The number of methoxy groups -OCH3 is 1. The van der Waals surface area contributed by atoms with Crippen molar-refractivity contribution in [2.75, 3.05) is 24.4 Å². The highest BCUT2D eigenvalue weighted by molar-refractivity contribution is 6.39. The minimum absolute atomic E-state index is 0.206. The molecule has 0 aliphatic rings. The van der Waals surface area contributed by atoms with Crippen molar-refractivity contribution in [1.29, 1.82) is 0 Å². The summed E-state index contributed by atoms with van der Waals surface area (Å²) in [5.74, 6) is -1.30. The number of para-hydroxylation sites is 1. The lowest BCUT2D eigenvalue weighted by molar-refractivity contribution is -0.136. The molecule has 0 radical (unpaired) electrons. The minimum atomic E-state index is -0.906. The summed E-state index contributed by atoms with van der Waals surface area (Å²) in [5.41, 5.74) is 7.06. The van der Waals surface area contributed by atoms with Crippen LogP contribution in [0.1, 0.15) is 22.3 Å². The third-order valence-electron chi connectivity index (χ3n) is 5.32. The number of carbonyl (C=O) groups excluding carboxylic acids is 3. The van der Waals surface area contributed by atoms with Crippen LogP contribution in [0.2, 0.25) is 0 Å². The number of hydrazone groups is 1. The fourth-order valence-electron chi connectivity index (χ4n) is 3.15. The van der Waals surface area contributed by atoms with Crippen LogP contribution in [0.3, 0.4) is 0 Å². The Kier molecular flexibility index (Phi) is 8.77. The van der Waals surface area contributed by atoms with Crippen LogP contribution in [0.4, 0.5) is 11.4 Å². The summed E-state index contributed by atoms with van der Waals surface area (Å²) >= 11 is 0. The Hall–Kier alpha value is -4.66. The van der Waals surface area contributed by atoms with Crippen LogP contribution >= 0.6 is 0 Å². The average molecular weight is 489 g/mol. The predicted molar refractivity (Wildman–Crippen MR) is 139 cm³/mol. The lowest BCUT2D eigenvalue weighted by atomic mass is 10.1. The molecule has 0 aromatic heterocycles. The van der Waals surface area contributed by atoms with Gasteiger partial charge in [-0.25, -0.2) is 5.43 Å². The van der Waals surface area contributed by atoms with Crippen molar-refractivity contribution in [3.63, 3.8) is 0 Å². The summed E-state index contributed by atoms with van der Waals surface area (Å²) in [5, 5.41) is 9.15. The van der Waals surface area contributed by atoms with Gasteiger partial charge < -0.3 is 20.1 Å². The van der Waals surface area contributed by atoms with Gasteiger partial charge in [0.1, 0.15) is 0 Å². The molecule has 3 amide bonds. The number of nitrogens with one attached hydrogen (secondary N) is 3. The van der Waals surface area contributed by atoms with Gasteiger partial charge in [0.05, 0.1) is 13.3 Å². The maximum Gasteiger partial charge on any atom is 0.329 e. The normalized spacial score (nSPS) is 10.6. The van der Waals surface area contributed by atoms with Crippen molar-refractivity contribution in [3.05, 3.63) is 82.9 Å². The van der Waals surface area contributed by atoms with E-state index in [-0.39, 0.29) is 12.5 Å². The molecule has 0 saturated carbocycles. The highest BCUT2D eigenvalue weighted by Crippen LogP contribution is 2.27. The van der Waals surface area contributed by atoms with Crippen LogP contribution in [-0.2, 0) is 14.4 Å². The third-order valence-corrected chi connectivity index (χ3v) is 5.32. The molecule has 0 aliphatic heterocycles. The SMILES string of the molecule is COc1cc(/C=N\NC(=O)C(=O)Nc2ccccc2C)ccc1OCC(=O)Nc1ccc(C)c(C)c1. The molecule has 3 aromatic carbocycles. The first kappa shape index (κ1) is 26.0. The molecule has 0 heterocycles. The van der Waals surface area contributed by atoms with Crippen LogP contribution in [0.25, 0.3) is 0 Å². The highest BCUT2D eigenvalue weighted by atomic mass is 16.5. The molecule has 0 spiro atoms. The van der Waals surface area contributed by atoms with Crippen LogP contribution in [0, 0.1) is 20.8 Å². The van der Waals surface area contributed by atoms with E-state index in [1.807, 2.05) is 51.1 Å². The molecule has 0 unspecified atom stereocenters. The van der Waals surface area contributed by atoms with Gasteiger partial charge >= 0.3 is 11.8 Å². The van der Waals surface area contributed by atoms with Crippen molar-refractivity contribution in [1.82, 2.24) is 5.43 Å². The van der Waals surface area contributed by atoms with Gasteiger partial charge in [0.25, 0.3) is 5.91 Å². The number of nitrogens with zero attached hydrogens (tertiary/aromatic N) is 1. The van der Waals surface area contributed by atoms with Crippen molar-refractivity contribution in [2.45, 2.75) is 20.8 Å². The number of carbonyl (C=O) groups is 3. The molecule has 186 valence electrons. The van der Waals surface area contributed by atoms with Crippen molar-refractivity contribution >= 4 is 35.3 Å². The Morgan fingerprint density at radius 3 is 2.33 bits per heavy atom. The van der Waals surface area contributed by atoms with Crippen molar-refractivity contribution in [3.8, 4) is 11.5 Å². The number of ether oxygens (including phenoxy) is 2. The quantitative estimate of drug-likeness (QED) is 0.254. The topological polar surface area (TPSA) is 118 Å². The first-order chi connectivity index (χ1) is 17.3.